The van der Waals surface area contributed by atoms with Gasteiger partial charge in [-0.15, -0.1) is 0 Å². The molecule has 2 aliphatic heterocycles. The maximum atomic E-state index is 13.0. The monoisotopic (exact) mass is 356 g/mol. The fourth-order valence-corrected chi connectivity index (χ4v) is 4.10. The van der Waals surface area contributed by atoms with E-state index in [2.05, 4.69) is 16.4 Å². The lowest BCUT2D eigenvalue weighted by atomic mass is 9.97. The number of piperidine rings is 2. The van der Waals surface area contributed by atoms with E-state index in [1.54, 1.807) is 6.08 Å². The predicted molar refractivity (Wildman–Crippen MR) is 106 cm³/mol. The van der Waals surface area contributed by atoms with Crippen LogP contribution in [0.15, 0.2) is 36.9 Å². The van der Waals surface area contributed by atoms with E-state index in [1.165, 1.54) is 38.8 Å². The smallest absolute Gasteiger partial charge is 0.254 e. The first-order valence-electron chi connectivity index (χ1n) is 10.1. The number of hydrogen-bond donors (Lipinski definition) is 0. The lowest BCUT2D eigenvalue weighted by Crippen LogP contribution is -2.45. The third-order valence-electron chi connectivity index (χ3n) is 5.58. The van der Waals surface area contributed by atoms with Gasteiger partial charge in [0.1, 0.15) is 12.4 Å². The molecule has 0 bridgehead atoms. The minimum absolute atomic E-state index is 0.170. The molecule has 2 heterocycles. The van der Waals surface area contributed by atoms with Crippen LogP contribution < -0.4 is 4.74 Å². The summed E-state index contributed by atoms with van der Waals surface area (Å²) in [5, 5.41) is 0. The molecule has 1 amide bonds. The van der Waals surface area contributed by atoms with Gasteiger partial charge in [0.15, 0.2) is 0 Å². The number of nitrogens with zero attached hydrogens (tertiary/aromatic N) is 2. The van der Waals surface area contributed by atoms with Gasteiger partial charge in [0.2, 0.25) is 0 Å². The van der Waals surface area contributed by atoms with Gasteiger partial charge in [-0.2, -0.15) is 0 Å². The van der Waals surface area contributed by atoms with E-state index >= 15 is 0 Å². The molecule has 0 aromatic heterocycles. The van der Waals surface area contributed by atoms with Gasteiger partial charge in [-0.25, -0.2) is 0 Å². The summed E-state index contributed by atoms with van der Waals surface area (Å²) in [7, 11) is 0. The Labute approximate surface area is 157 Å². The third kappa shape index (κ3) is 5.10. The Morgan fingerprint density at radius 3 is 2.54 bits per heavy atom. The SMILES string of the molecule is C=CCOc1ccc(C(=O)N2CCCC[C@H]2CCN2CCCCC2)cc1. The van der Waals surface area contributed by atoms with Crippen molar-refractivity contribution < 1.29 is 9.53 Å². The van der Waals surface area contributed by atoms with Gasteiger partial charge in [-0.05, 0) is 75.9 Å². The minimum atomic E-state index is 0.170. The summed E-state index contributed by atoms with van der Waals surface area (Å²) >= 11 is 0. The second kappa shape index (κ2) is 9.77. The molecule has 0 aliphatic carbocycles. The molecular formula is C22H32N2O2. The minimum Gasteiger partial charge on any atom is -0.490 e. The van der Waals surface area contributed by atoms with Crippen molar-refractivity contribution in [3.63, 3.8) is 0 Å². The Kier molecular flexibility index (Phi) is 7.13. The molecule has 3 rings (SSSR count). The van der Waals surface area contributed by atoms with Gasteiger partial charge in [0.05, 0.1) is 0 Å². The van der Waals surface area contributed by atoms with Gasteiger partial charge in [-0.3, -0.25) is 4.79 Å². The fourth-order valence-electron chi connectivity index (χ4n) is 4.10. The third-order valence-corrected chi connectivity index (χ3v) is 5.58. The lowest BCUT2D eigenvalue weighted by Gasteiger charge is -2.37. The molecule has 1 atom stereocenters. The van der Waals surface area contributed by atoms with Crippen molar-refractivity contribution in [3.05, 3.63) is 42.5 Å². The highest BCUT2D eigenvalue weighted by molar-refractivity contribution is 5.94. The van der Waals surface area contributed by atoms with Crippen LogP contribution in [0.4, 0.5) is 0 Å². The molecule has 0 unspecified atom stereocenters. The second-order valence-electron chi connectivity index (χ2n) is 7.46. The van der Waals surface area contributed by atoms with Crippen LogP contribution in [0.2, 0.25) is 0 Å². The summed E-state index contributed by atoms with van der Waals surface area (Å²) in [5.41, 5.74) is 0.765. The van der Waals surface area contributed by atoms with Gasteiger partial charge in [-0.1, -0.05) is 19.1 Å². The number of carbonyl (C=O) groups is 1. The number of hydrogen-bond acceptors (Lipinski definition) is 3. The van der Waals surface area contributed by atoms with Gasteiger partial charge in [0.25, 0.3) is 5.91 Å². The summed E-state index contributed by atoms with van der Waals surface area (Å²) in [6.07, 6.45) is 10.3. The van der Waals surface area contributed by atoms with Crippen LogP contribution in [0, 0.1) is 0 Å². The molecular weight excluding hydrogens is 324 g/mol. The molecule has 0 N–H and O–H groups in total. The summed E-state index contributed by atoms with van der Waals surface area (Å²) in [6.45, 7) is 8.61. The molecule has 4 nitrogen and oxygen atoms in total. The quantitative estimate of drug-likeness (QED) is 0.689. The molecule has 0 radical (unpaired) electrons. The maximum absolute atomic E-state index is 13.0. The van der Waals surface area contributed by atoms with E-state index in [-0.39, 0.29) is 5.91 Å². The average Bonchev–Trinajstić information content (AvgIpc) is 2.71. The van der Waals surface area contributed by atoms with Crippen molar-refractivity contribution in [1.82, 2.24) is 9.80 Å². The Morgan fingerprint density at radius 1 is 1.08 bits per heavy atom. The largest absolute Gasteiger partial charge is 0.490 e. The van der Waals surface area contributed by atoms with Crippen molar-refractivity contribution in [1.29, 1.82) is 0 Å². The molecule has 1 aromatic carbocycles. The van der Waals surface area contributed by atoms with Crippen LogP contribution in [0.25, 0.3) is 0 Å². The average molecular weight is 357 g/mol. The Morgan fingerprint density at radius 2 is 1.81 bits per heavy atom. The zero-order valence-corrected chi connectivity index (χ0v) is 15.9. The molecule has 1 aromatic rings. The maximum Gasteiger partial charge on any atom is 0.254 e. The normalized spacial score (nSPS) is 21.4. The van der Waals surface area contributed by atoms with E-state index in [1.807, 2.05) is 24.3 Å². The van der Waals surface area contributed by atoms with Gasteiger partial charge < -0.3 is 14.5 Å². The predicted octanol–water partition coefficient (Wildman–Crippen LogP) is 4.12. The first-order chi connectivity index (χ1) is 12.8. The fraction of sp³-hybridized carbons (Fsp3) is 0.591. The molecule has 0 saturated carbocycles. The van der Waals surface area contributed by atoms with E-state index < -0.39 is 0 Å². The highest BCUT2D eigenvalue weighted by Gasteiger charge is 2.27. The molecule has 26 heavy (non-hydrogen) atoms. The first-order valence-corrected chi connectivity index (χ1v) is 10.1. The van der Waals surface area contributed by atoms with E-state index in [9.17, 15) is 4.79 Å². The summed E-state index contributed by atoms with van der Waals surface area (Å²) in [5.74, 6) is 0.949. The van der Waals surface area contributed by atoms with E-state index in [0.29, 0.717) is 12.6 Å². The summed E-state index contributed by atoms with van der Waals surface area (Å²) < 4.78 is 5.51. The topological polar surface area (TPSA) is 32.8 Å². The number of ether oxygens (including phenoxy) is 1. The number of benzene rings is 1. The molecule has 0 spiro atoms. The number of likely N-dealkylation sites (tertiary alicyclic amines) is 2. The van der Waals surface area contributed by atoms with Gasteiger partial charge >= 0.3 is 0 Å². The van der Waals surface area contributed by atoms with Gasteiger partial charge in [0, 0.05) is 24.7 Å². The van der Waals surface area contributed by atoms with Crippen LogP contribution in [-0.4, -0.2) is 54.5 Å². The number of amides is 1. The summed E-state index contributed by atoms with van der Waals surface area (Å²) in [4.78, 5) is 17.7. The first kappa shape index (κ1) is 19.0. The van der Waals surface area contributed by atoms with Crippen molar-refractivity contribution >= 4 is 5.91 Å². The molecule has 2 aliphatic rings. The standard InChI is InChI=1S/C22H32N2O2/c1-2-18-26-21-11-9-19(10-12-21)22(25)24-16-7-4-8-20(24)13-17-23-14-5-3-6-15-23/h2,9-12,20H,1,3-8,13-18H2/t20-/m0/s1. The van der Waals surface area contributed by atoms with E-state index in [0.717, 1.165) is 43.7 Å². The second-order valence-corrected chi connectivity index (χ2v) is 7.46. The Hall–Kier alpha value is -1.81. The van der Waals surface area contributed by atoms with Crippen molar-refractivity contribution in [3.8, 4) is 5.75 Å². The zero-order valence-electron chi connectivity index (χ0n) is 15.9. The number of rotatable bonds is 7. The zero-order chi connectivity index (χ0) is 18.2. The molecule has 2 fully saturated rings. The summed E-state index contributed by atoms with van der Waals surface area (Å²) in [6, 6.07) is 7.91. The van der Waals surface area contributed by atoms with Crippen molar-refractivity contribution in [2.24, 2.45) is 0 Å². The van der Waals surface area contributed by atoms with Crippen molar-refractivity contribution in [2.45, 2.75) is 51.0 Å². The molecule has 142 valence electrons. The molecule has 2 saturated heterocycles. The van der Waals surface area contributed by atoms with Crippen LogP contribution in [0.5, 0.6) is 5.75 Å². The molecule has 4 heteroatoms. The Bertz CT molecular complexity index is 578. The van der Waals surface area contributed by atoms with Crippen LogP contribution in [-0.2, 0) is 0 Å². The highest BCUT2D eigenvalue weighted by Crippen LogP contribution is 2.24. The van der Waals surface area contributed by atoms with Crippen LogP contribution in [0.3, 0.4) is 0 Å². The van der Waals surface area contributed by atoms with Crippen molar-refractivity contribution in [2.75, 3.05) is 32.8 Å². The highest BCUT2D eigenvalue weighted by atomic mass is 16.5. The Balaban J connectivity index is 1.58. The van der Waals surface area contributed by atoms with Crippen LogP contribution in [0.1, 0.15) is 55.3 Å². The van der Waals surface area contributed by atoms with Crippen LogP contribution >= 0.6 is 0 Å². The number of carbonyl (C=O) groups excluding carboxylic acids is 1. The van der Waals surface area contributed by atoms with E-state index in [4.69, 9.17) is 4.74 Å². The lowest BCUT2D eigenvalue weighted by molar-refractivity contribution is 0.0579.